The summed E-state index contributed by atoms with van der Waals surface area (Å²) in [5, 5.41) is 0. The molecule has 0 radical (unpaired) electrons. The average Bonchev–Trinajstić information content (AvgIpc) is 2.79. The number of hydrogen-bond donors (Lipinski definition) is 0. The maximum Gasteiger partial charge on any atom is 0.312 e. The summed E-state index contributed by atoms with van der Waals surface area (Å²) in [5.74, 6) is 1.06. The van der Waals surface area contributed by atoms with Crippen LogP contribution in [-0.4, -0.2) is 15.4 Å². The number of aryl methyl sites for hydroxylation is 2. The Kier molecular flexibility index (Phi) is 5.03. The third-order valence-electron chi connectivity index (χ3n) is 8.64. The van der Waals surface area contributed by atoms with Crippen LogP contribution in [0.3, 0.4) is 0 Å². The van der Waals surface area contributed by atoms with Crippen molar-refractivity contribution >= 4 is 27.5 Å². The minimum Gasteiger partial charge on any atom is -0.459 e. The maximum absolute atomic E-state index is 13.6. The first-order valence-corrected chi connectivity index (χ1v) is 13.0. The summed E-state index contributed by atoms with van der Waals surface area (Å²) < 4.78 is 8.20. The van der Waals surface area contributed by atoms with E-state index in [0.29, 0.717) is 23.2 Å². The molecule has 2 aromatic heterocycles. The van der Waals surface area contributed by atoms with Crippen LogP contribution in [0.25, 0.3) is 5.65 Å². The van der Waals surface area contributed by atoms with Crippen molar-refractivity contribution in [1.29, 1.82) is 0 Å². The lowest BCUT2D eigenvalue weighted by Crippen LogP contribution is -2.57. The van der Waals surface area contributed by atoms with Gasteiger partial charge in [-0.1, -0.05) is 18.2 Å². The lowest BCUT2D eigenvalue weighted by Gasteiger charge is -2.61. The average molecular weight is 521 g/mol. The van der Waals surface area contributed by atoms with Crippen molar-refractivity contribution in [2.24, 2.45) is 17.3 Å². The summed E-state index contributed by atoms with van der Waals surface area (Å²) in [6, 6.07) is 12.0. The summed E-state index contributed by atoms with van der Waals surface area (Å²) in [6.45, 7) is 4.37. The maximum atomic E-state index is 13.6. The van der Waals surface area contributed by atoms with E-state index in [2.05, 4.69) is 53.0 Å². The molecule has 7 rings (SSSR count). The Balaban J connectivity index is 1.26. The molecule has 0 amide bonds. The number of ether oxygens (including phenoxy) is 1. The van der Waals surface area contributed by atoms with Gasteiger partial charge in [-0.3, -0.25) is 14.0 Å². The largest absolute Gasteiger partial charge is 0.459 e. The molecule has 0 N–H and O–H groups in total. The molecule has 2 heterocycles. The molecule has 0 aliphatic heterocycles. The van der Waals surface area contributed by atoms with E-state index in [-0.39, 0.29) is 23.6 Å². The fourth-order valence-electron chi connectivity index (χ4n) is 7.40. The smallest absolute Gasteiger partial charge is 0.312 e. The molecule has 4 fully saturated rings. The lowest BCUT2D eigenvalue weighted by atomic mass is 9.43. The topological polar surface area (TPSA) is 60.7 Å². The number of hydrogen-bond acceptors (Lipinski definition) is 4. The zero-order chi connectivity index (χ0) is 23.7. The van der Waals surface area contributed by atoms with Crippen LogP contribution in [0.4, 0.5) is 0 Å². The van der Waals surface area contributed by atoms with Crippen LogP contribution in [0.2, 0.25) is 0 Å². The van der Waals surface area contributed by atoms with Gasteiger partial charge in [0.05, 0.1) is 11.1 Å². The molecule has 4 bridgehead atoms. The van der Waals surface area contributed by atoms with Gasteiger partial charge >= 0.3 is 5.97 Å². The van der Waals surface area contributed by atoms with Gasteiger partial charge < -0.3 is 4.74 Å². The summed E-state index contributed by atoms with van der Waals surface area (Å²) in [4.78, 5) is 30.7. The number of carbonyl (C=O) groups is 1. The third-order valence-corrected chi connectivity index (χ3v) is 9.11. The van der Waals surface area contributed by atoms with Crippen molar-refractivity contribution in [2.45, 2.75) is 64.4 Å². The van der Waals surface area contributed by atoms with Gasteiger partial charge in [0.15, 0.2) is 0 Å². The fraction of sp³-hybridized carbons (Fsp3) is 0.464. The van der Waals surface area contributed by atoms with Gasteiger partial charge in [0, 0.05) is 16.7 Å². The van der Waals surface area contributed by atoms with Gasteiger partial charge in [-0.25, -0.2) is 4.98 Å². The van der Waals surface area contributed by atoms with Gasteiger partial charge in [-0.2, -0.15) is 0 Å². The SMILES string of the molecule is Cc1ccc(C23CC4CC(CC(C(=O)OCc5cc(=O)n6cc(Br)ccc6n5)(C4)C2)C3)cc1C. The summed E-state index contributed by atoms with van der Waals surface area (Å²) >= 11 is 3.38. The van der Waals surface area contributed by atoms with E-state index in [1.165, 1.54) is 46.4 Å². The Labute approximate surface area is 207 Å². The van der Waals surface area contributed by atoms with Gasteiger partial charge in [0.25, 0.3) is 5.56 Å². The Bertz CT molecular complexity index is 1360. The van der Waals surface area contributed by atoms with E-state index in [1.54, 1.807) is 12.3 Å². The van der Waals surface area contributed by atoms with Crippen LogP contribution in [0.1, 0.15) is 60.9 Å². The molecular formula is C28H29BrN2O3. The second kappa shape index (κ2) is 7.77. The van der Waals surface area contributed by atoms with Crippen molar-refractivity contribution in [3.8, 4) is 0 Å². The number of esters is 1. The number of nitrogens with zero attached hydrogens (tertiary/aromatic N) is 2. The van der Waals surface area contributed by atoms with Crippen LogP contribution < -0.4 is 5.56 Å². The molecule has 2 atom stereocenters. The molecule has 3 aromatic rings. The van der Waals surface area contributed by atoms with Gasteiger partial charge in [-0.05, 0) is 114 Å². The molecule has 4 saturated carbocycles. The predicted molar refractivity (Wildman–Crippen MR) is 134 cm³/mol. The van der Waals surface area contributed by atoms with E-state index in [1.807, 2.05) is 6.07 Å². The lowest BCUT2D eigenvalue weighted by molar-refractivity contribution is -0.175. The van der Waals surface area contributed by atoms with Crippen LogP contribution in [0.5, 0.6) is 0 Å². The van der Waals surface area contributed by atoms with Gasteiger partial charge in [-0.15, -0.1) is 0 Å². The highest BCUT2D eigenvalue weighted by Crippen LogP contribution is 2.66. The van der Waals surface area contributed by atoms with Gasteiger partial charge in [0.1, 0.15) is 12.3 Å². The van der Waals surface area contributed by atoms with E-state index in [4.69, 9.17) is 4.74 Å². The number of halogens is 1. The molecule has 1 aromatic carbocycles. The molecule has 0 saturated heterocycles. The monoisotopic (exact) mass is 520 g/mol. The Morgan fingerprint density at radius 1 is 1.09 bits per heavy atom. The normalized spacial score (nSPS) is 29.5. The summed E-state index contributed by atoms with van der Waals surface area (Å²) in [6.07, 6.45) is 8.02. The first kappa shape index (κ1) is 22.0. The molecule has 0 spiro atoms. The summed E-state index contributed by atoms with van der Waals surface area (Å²) in [5.41, 5.74) is 4.56. The zero-order valence-electron chi connectivity index (χ0n) is 19.6. The molecule has 4 aliphatic rings. The molecule has 34 heavy (non-hydrogen) atoms. The second-order valence-corrected chi connectivity index (χ2v) is 12.0. The van der Waals surface area contributed by atoms with E-state index >= 15 is 0 Å². The van der Waals surface area contributed by atoms with Crippen LogP contribution in [0.15, 0.2) is 51.9 Å². The molecule has 176 valence electrons. The van der Waals surface area contributed by atoms with Crippen molar-refractivity contribution in [3.63, 3.8) is 0 Å². The number of carbonyl (C=O) groups excluding carboxylic acids is 1. The van der Waals surface area contributed by atoms with E-state index < -0.39 is 5.41 Å². The molecule has 5 nitrogen and oxygen atoms in total. The van der Waals surface area contributed by atoms with Crippen LogP contribution in [-0.2, 0) is 21.6 Å². The zero-order valence-corrected chi connectivity index (χ0v) is 21.2. The number of benzene rings is 1. The molecule has 2 unspecified atom stereocenters. The fourth-order valence-corrected chi connectivity index (χ4v) is 7.74. The number of pyridine rings is 1. The van der Waals surface area contributed by atoms with Crippen molar-refractivity contribution in [1.82, 2.24) is 9.38 Å². The quantitative estimate of drug-likeness (QED) is 0.416. The van der Waals surface area contributed by atoms with E-state index in [9.17, 15) is 9.59 Å². The third kappa shape index (κ3) is 3.53. The van der Waals surface area contributed by atoms with E-state index in [0.717, 1.165) is 23.7 Å². The number of rotatable bonds is 4. The van der Waals surface area contributed by atoms with Crippen LogP contribution >= 0.6 is 15.9 Å². The standard InChI is InChI=1S/C28H29BrN2O3/c1-17-3-4-21(7-18(17)2)27-10-19-8-20(11-27)13-28(12-19,16-27)26(33)34-15-23-9-25(32)31-14-22(29)5-6-24(31)30-23/h3-7,9,14,19-20H,8,10-13,15-16H2,1-2H3. The molecule has 4 aliphatic carbocycles. The predicted octanol–water partition coefficient (Wildman–Crippen LogP) is 5.66. The molecule has 6 heteroatoms. The highest BCUT2D eigenvalue weighted by molar-refractivity contribution is 9.10. The minimum absolute atomic E-state index is 0.0361. The van der Waals surface area contributed by atoms with Crippen molar-refractivity contribution in [2.75, 3.05) is 0 Å². The molecular weight excluding hydrogens is 492 g/mol. The van der Waals surface area contributed by atoms with Gasteiger partial charge in [0.2, 0.25) is 0 Å². The highest BCUT2D eigenvalue weighted by atomic mass is 79.9. The number of aromatic nitrogens is 2. The summed E-state index contributed by atoms with van der Waals surface area (Å²) in [7, 11) is 0. The Morgan fingerprint density at radius 3 is 2.59 bits per heavy atom. The highest BCUT2D eigenvalue weighted by Gasteiger charge is 2.61. The Hall–Kier alpha value is -2.47. The first-order valence-electron chi connectivity index (χ1n) is 12.2. The number of fused-ring (bicyclic) bond motifs is 1. The second-order valence-electron chi connectivity index (χ2n) is 11.1. The Morgan fingerprint density at radius 2 is 1.85 bits per heavy atom. The van der Waals surface area contributed by atoms with Crippen molar-refractivity contribution < 1.29 is 9.53 Å². The minimum atomic E-state index is -0.417. The first-order chi connectivity index (χ1) is 16.3. The van der Waals surface area contributed by atoms with Crippen LogP contribution in [0, 0.1) is 31.1 Å². The van der Waals surface area contributed by atoms with Crippen molar-refractivity contribution in [3.05, 3.63) is 79.8 Å².